The number of H-pyrrole nitrogens is 1. The summed E-state index contributed by atoms with van der Waals surface area (Å²) in [4.78, 5) is 75.6. The third kappa shape index (κ3) is 8.01. The number of benzene rings is 1. The number of rotatable bonds is 9. The summed E-state index contributed by atoms with van der Waals surface area (Å²) in [5, 5.41) is 39.0. The van der Waals surface area contributed by atoms with Gasteiger partial charge in [-0.3, -0.25) is 42.7 Å². The van der Waals surface area contributed by atoms with Crippen LogP contribution in [0.3, 0.4) is 0 Å². The molecule has 1 unspecified atom stereocenters. The molecular weight excluding hydrogens is 1020 g/mol. The number of aromatic nitrogens is 1. The number of ether oxygens (including phenoxy) is 1. The zero-order valence-corrected chi connectivity index (χ0v) is 45.3. The van der Waals surface area contributed by atoms with Gasteiger partial charge >= 0.3 is 0 Å². The molecule has 0 radical (unpaired) electrons. The number of allylic oxidation sites excluding steroid dienone is 4. The van der Waals surface area contributed by atoms with Crippen molar-refractivity contribution in [1.82, 2.24) is 25.0 Å². The average molecular weight is 1090 g/mol. The maximum Gasteiger partial charge on any atom is 0.281 e. The van der Waals surface area contributed by atoms with Crippen LogP contribution in [-0.4, -0.2) is 147 Å². The molecule has 3 saturated heterocycles. The van der Waals surface area contributed by atoms with Crippen LogP contribution < -0.4 is 5.32 Å². The van der Waals surface area contributed by atoms with Crippen molar-refractivity contribution in [3.8, 4) is 0 Å². The summed E-state index contributed by atoms with van der Waals surface area (Å²) < 4.78 is 34.7. The molecule has 4 aliphatic heterocycles. The van der Waals surface area contributed by atoms with Crippen LogP contribution in [0.2, 0.25) is 0 Å². The van der Waals surface area contributed by atoms with Crippen molar-refractivity contribution in [3.63, 3.8) is 0 Å². The number of nitrogens with zero attached hydrogens (tertiary/aromatic N) is 3. The molecule has 396 valence electrons. The number of carbonyl (C=O) groups is 5. The smallest absolute Gasteiger partial charge is 0.281 e. The molecule has 9 aliphatic rings. The van der Waals surface area contributed by atoms with Gasteiger partial charge < -0.3 is 30.5 Å². The van der Waals surface area contributed by atoms with Gasteiger partial charge in [0.05, 0.1) is 22.9 Å². The van der Waals surface area contributed by atoms with Gasteiger partial charge in [0.15, 0.2) is 11.6 Å². The first-order valence-electron chi connectivity index (χ1n) is 26.0. The molecule has 3 saturated carbocycles. The molecule has 5 N–H and O–H groups in total. The molecule has 1 aromatic carbocycles. The lowest BCUT2D eigenvalue weighted by molar-refractivity contribution is -0.322. The van der Waals surface area contributed by atoms with E-state index in [9.17, 15) is 47.7 Å². The topological polar surface area (TPSA) is 236 Å². The van der Waals surface area contributed by atoms with Gasteiger partial charge in [-0.1, -0.05) is 71.4 Å². The Morgan fingerprint density at radius 3 is 2.52 bits per heavy atom. The van der Waals surface area contributed by atoms with Crippen molar-refractivity contribution in [2.45, 2.75) is 141 Å². The monoisotopic (exact) mass is 1090 g/mol. The predicted octanol–water partition coefficient (Wildman–Crippen LogP) is 4.73. The minimum Gasteiger partial charge on any atom is -0.393 e. The van der Waals surface area contributed by atoms with Crippen LogP contribution in [0.4, 0.5) is 0 Å². The maximum atomic E-state index is 14.4. The van der Waals surface area contributed by atoms with E-state index in [2.05, 4.69) is 54.4 Å². The number of amides is 3. The molecule has 0 bridgehead atoms. The maximum absolute atomic E-state index is 14.4. The molecule has 1 aromatic heterocycles. The summed E-state index contributed by atoms with van der Waals surface area (Å²) in [5.41, 5.74) is 0.711. The molecule has 2 aromatic rings. The van der Waals surface area contributed by atoms with E-state index in [0.29, 0.717) is 32.4 Å². The van der Waals surface area contributed by atoms with Gasteiger partial charge in [-0.15, -0.1) is 0 Å². The average Bonchev–Trinajstić information content (AvgIpc) is 4.06. The van der Waals surface area contributed by atoms with Crippen LogP contribution in [0.1, 0.15) is 104 Å². The third-order valence-corrected chi connectivity index (χ3v) is 20.0. The van der Waals surface area contributed by atoms with Gasteiger partial charge in [-0.25, -0.2) is 0 Å². The van der Waals surface area contributed by atoms with Crippen molar-refractivity contribution in [1.29, 1.82) is 0 Å². The van der Waals surface area contributed by atoms with Gasteiger partial charge in [0.25, 0.3) is 21.9 Å². The van der Waals surface area contributed by atoms with Gasteiger partial charge in [0, 0.05) is 52.7 Å². The van der Waals surface area contributed by atoms with Crippen LogP contribution in [0, 0.1) is 46.3 Å². The summed E-state index contributed by atoms with van der Waals surface area (Å²) in [6.07, 6.45) is 12.4. The highest BCUT2D eigenvalue weighted by atomic mass is 79.9. The Labute approximate surface area is 435 Å². The Morgan fingerprint density at radius 2 is 1.82 bits per heavy atom. The minimum absolute atomic E-state index is 0.0162. The quantitative estimate of drug-likeness (QED) is 0.214. The highest BCUT2D eigenvalue weighted by Crippen LogP contribution is 2.67. The van der Waals surface area contributed by atoms with Crippen molar-refractivity contribution < 1.29 is 56.6 Å². The SMILES string of the molecule is CC(C)C[C@H]1C(=O)N2CCC[C@H]2[C@]2(O)O[C@](NC(=O)[C@@H]3C=C4c5cccc6[nH]c(Br)c(c56)C[C@H]4N(C)C3)(C(C)C)C(=O)N12.C[C@]12C=CC(=O)C=C1CC[C@@H]1[C@@H]2C(O)C[C@@]2(C)[C@H]1CC[C@]2(O)C(=O)COS(C)(=O)=O. The van der Waals surface area contributed by atoms with E-state index in [-0.39, 0.29) is 60.2 Å². The molecule has 17 nitrogen and oxygen atoms in total. The number of likely N-dealkylation sites (N-methyl/N-ethyl adjacent to an activating group) is 1. The van der Waals surface area contributed by atoms with Crippen LogP contribution >= 0.6 is 15.9 Å². The molecule has 13 atom stereocenters. The fourth-order valence-electron chi connectivity index (χ4n) is 15.2. The first kappa shape index (κ1) is 52.4. The lowest BCUT2D eigenvalue weighted by atomic mass is 9.46. The number of halogens is 1. The molecular formula is C54H70BrN5O12S. The summed E-state index contributed by atoms with van der Waals surface area (Å²) in [5.74, 6) is -4.67. The van der Waals surface area contributed by atoms with E-state index in [1.165, 1.54) is 15.8 Å². The standard InChI is InChI=1S/C32H40BrN5O5.C22H30O7S/c1-16(2)12-24-29(40)37-11-7-10-25(37)32(42)38(24)30(41)31(43-32,17(3)4)35-28(39)18-13-20-19-8-6-9-22-26(19)21(27(33)34-22)14-23(20)36(5)15-18;1-20-8-6-14(23)10-13(20)4-5-15-16-7-9-22(26,18(25)12-29-30(3,27)28)21(16,2)11-17(24)19(15)20/h6,8-9,13,16-18,23-25,34,42H,7,10-12,14-15H2,1-5H3,(H,35,39);6,8,10,15-17,19,24,26H,4-5,7,9,11-12H2,1-3H3/t18-,23-,24+,25+,31-,32+;15-,16-,17?,19+,20-,21-,22-/m10/s1. The number of aliphatic hydroxyl groups excluding tert-OH is 1. The Balaban J connectivity index is 0.000000179. The second kappa shape index (κ2) is 18.0. The van der Waals surface area contributed by atoms with Crippen molar-refractivity contribution in [3.05, 3.63) is 63.8 Å². The fourth-order valence-corrected chi connectivity index (χ4v) is 16.1. The number of hydrogen-bond acceptors (Lipinski definition) is 13. The molecule has 0 spiro atoms. The molecule has 11 rings (SSSR count). The first-order chi connectivity index (χ1) is 34.2. The van der Waals surface area contributed by atoms with Crippen LogP contribution in [0.25, 0.3) is 16.5 Å². The van der Waals surface area contributed by atoms with E-state index in [4.69, 9.17) is 4.74 Å². The van der Waals surface area contributed by atoms with Gasteiger partial charge in [-0.05, 0) is 133 Å². The lowest BCUT2D eigenvalue weighted by Gasteiger charge is -2.59. The molecule has 3 amide bonds. The Hall–Kier alpha value is -4.08. The summed E-state index contributed by atoms with van der Waals surface area (Å²) in [7, 11) is -1.78. The molecule has 6 fully saturated rings. The van der Waals surface area contributed by atoms with E-state index < -0.39 is 86.5 Å². The third-order valence-electron chi connectivity index (χ3n) is 18.8. The normalized spacial score (nSPS) is 38.5. The van der Waals surface area contributed by atoms with E-state index in [1.54, 1.807) is 30.9 Å². The van der Waals surface area contributed by atoms with E-state index in [0.717, 1.165) is 58.8 Å². The van der Waals surface area contributed by atoms with Crippen molar-refractivity contribution in [2.24, 2.45) is 46.3 Å². The first-order valence-corrected chi connectivity index (χ1v) is 28.6. The van der Waals surface area contributed by atoms with Crippen molar-refractivity contribution in [2.75, 3.05) is 33.0 Å². The predicted molar refractivity (Wildman–Crippen MR) is 273 cm³/mol. The number of fused-ring (bicyclic) bond motifs is 10. The Morgan fingerprint density at radius 1 is 1.08 bits per heavy atom. The zero-order chi connectivity index (χ0) is 52.7. The van der Waals surface area contributed by atoms with E-state index in [1.807, 2.05) is 46.0 Å². The molecule has 5 aliphatic carbocycles. The van der Waals surface area contributed by atoms with Gasteiger partial charge in [-0.2, -0.15) is 8.42 Å². The zero-order valence-electron chi connectivity index (χ0n) is 42.9. The second-order valence-electron chi connectivity index (χ2n) is 23.7. The summed E-state index contributed by atoms with van der Waals surface area (Å²) in [6, 6.07) is 4.76. The number of ketones is 2. The lowest BCUT2D eigenvalue weighted by Crippen LogP contribution is -2.71. The highest BCUT2D eigenvalue weighted by molar-refractivity contribution is 9.10. The number of hydrogen-bond donors (Lipinski definition) is 5. The Kier molecular flexibility index (Phi) is 12.9. The number of nitrogens with one attached hydrogen (secondary N) is 2. The number of carbonyl (C=O) groups excluding carboxylic acids is 5. The summed E-state index contributed by atoms with van der Waals surface area (Å²) in [6.45, 7) is 11.8. The summed E-state index contributed by atoms with van der Waals surface area (Å²) >= 11 is 3.70. The molecule has 19 heteroatoms. The van der Waals surface area contributed by atoms with Gasteiger partial charge in [0.2, 0.25) is 17.5 Å². The highest BCUT2D eigenvalue weighted by Gasteiger charge is 2.72. The Bertz CT molecular complexity index is 2900. The second-order valence-corrected chi connectivity index (χ2v) is 26.1. The van der Waals surface area contributed by atoms with Crippen LogP contribution in [-0.2, 0) is 49.4 Å². The number of piperazine rings is 1. The number of aliphatic hydroxyl groups is 3. The molecule has 73 heavy (non-hydrogen) atoms. The molecule has 5 heterocycles. The number of Topliss-reactive ketones (excluding diaryl/α,β-unsaturated/α-hetero) is 1. The van der Waals surface area contributed by atoms with Crippen LogP contribution in [0.5, 0.6) is 0 Å². The largest absolute Gasteiger partial charge is 0.393 e. The minimum atomic E-state index is -3.80. The number of aromatic amines is 1. The van der Waals surface area contributed by atoms with E-state index >= 15 is 0 Å². The van der Waals surface area contributed by atoms with Crippen LogP contribution in [0.15, 0.2) is 52.7 Å². The van der Waals surface area contributed by atoms with Crippen molar-refractivity contribution >= 4 is 71.8 Å². The fraction of sp³-hybridized carbons (Fsp3) is 0.648. The van der Waals surface area contributed by atoms with Gasteiger partial charge in [0.1, 0.15) is 24.3 Å².